The molecule has 1 aromatic rings. The summed E-state index contributed by atoms with van der Waals surface area (Å²) in [5.41, 5.74) is 0.148. The van der Waals surface area contributed by atoms with Gasteiger partial charge in [-0.3, -0.25) is 4.79 Å². The number of carbonyl (C=O) groups excluding carboxylic acids is 1. The maximum absolute atomic E-state index is 13.3. The number of rotatable bonds is 0. The molecule has 0 spiro atoms. The molecule has 74 valence electrons. The van der Waals surface area contributed by atoms with Crippen LogP contribution in [0.2, 0.25) is 0 Å². The molecule has 1 aliphatic rings. The fourth-order valence-corrected chi connectivity index (χ4v) is 2.46. The van der Waals surface area contributed by atoms with Gasteiger partial charge in [0.1, 0.15) is 11.6 Å². The molecule has 1 unspecified atom stereocenters. The monoisotopic (exact) mass is 214 g/mol. The van der Waals surface area contributed by atoms with E-state index in [1.807, 2.05) is 0 Å². The summed E-state index contributed by atoms with van der Waals surface area (Å²) in [6, 6.07) is 2.08. The number of carbonyl (C=O) groups is 1. The van der Waals surface area contributed by atoms with E-state index in [2.05, 4.69) is 0 Å². The Hall–Kier alpha value is -0.900. The molecule has 0 amide bonds. The molecule has 1 atom stereocenters. The summed E-state index contributed by atoms with van der Waals surface area (Å²) in [7, 11) is 0. The summed E-state index contributed by atoms with van der Waals surface area (Å²) in [5.74, 6) is -1.05. The van der Waals surface area contributed by atoms with Crippen molar-refractivity contribution in [1.82, 2.24) is 0 Å². The summed E-state index contributed by atoms with van der Waals surface area (Å²) in [5, 5.41) is -0.279. The highest BCUT2D eigenvalue weighted by atomic mass is 32.2. The lowest BCUT2D eigenvalue weighted by Gasteiger charge is -2.20. The van der Waals surface area contributed by atoms with Crippen LogP contribution in [0.1, 0.15) is 22.8 Å². The van der Waals surface area contributed by atoms with Gasteiger partial charge in [-0.05, 0) is 19.1 Å². The van der Waals surface area contributed by atoms with Gasteiger partial charge in [-0.1, -0.05) is 0 Å². The van der Waals surface area contributed by atoms with Crippen LogP contribution in [0.4, 0.5) is 8.78 Å². The van der Waals surface area contributed by atoms with E-state index in [0.717, 1.165) is 12.1 Å². The molecule has 0 radical (unpaired) electrons. The maximum atomic E-state index is 13.3. The number of halogens is 2. The van der Waals surface area contributed by atoms with E-state index in [4.69, 9.17) is 0 Å². The average molecular weight is 214 g/mol. The van der Waals surface area contributed by atoms with Crippen molar-refractivity contribution in [2.75, 3.05) is 0 Å². The number of fused-ring (bicyclic) bond motifs is 1. The number of ketones is 1. The Morgan fingerprint density at radius 2 is 2.00 bits per heavy atom. The van der Waals surface area contributed by atoms with Crippen molar-refractivity contribution in [3.8, 4) is 0 Å². The van der Waals surface area contributed by atoms with E-state index in [-0.39, 0.29) is 22.2 Å². The highest BCUT2D eigenvalue weighted by Gasteiger charge is 2.29. The van der Waals surface area contributed by atoms with Crippen molar-refractivity contribution in [1.29, 1.82) is 0 Å². The maximum Gasteiger partial charge on any atom is 0.178 e. The van der Waals surface area contributed by atoms with Gasteiger partial charge in [0.05, 0.1) is 10.8 Å². The highest BCUT2D eigenvalue weighted by Crippen LogP contribution is 2.32. The normalized spacial score (nSPS) is 20.8. The Morgan fingerprint density at radius 1 is 1.36 bits per heavy atom. The van der Waals surface area contributed by atoms with Crippen molar-refractivity contribution >= 4 is 17.5 Å². The van der Waals surface area contributed by atoms with E-state index >= 15 is 0 Å². The second kappa shape index (κ2) is 3.35. The Balaban J connectivity index is 2.64. The minimum Gasteiger partial charge on any atom is -0.293 e. The molecule has 0 fully saturated rings. The van der Waals surface area contributed by atoms with Gasteiger partial charge in [-0.25, -0.2) is 8.78 Å². The predicted octanol–water partition coefficient (Wildman–Crippen LogP) is 2.78. The number of hydrogen-bond donors (Lipinski definition) is 0. The summed E-state index contributed by atoms with van der Waals surface area (Å²) in [6.07, 6.45) is 0. The summed E-state index contributed by atoms with van der Waals surface area (Å²) in [4.78, 5) is 11.6. The fourth-order valence-electron chi connectivity index (χ4n) is 1.49. The van der Waals surface area contributed by atoms with E-state index in [1.54, 1.807) is 6.92 Å². The van der Waals surface area contributed by atoms with Gasteiger partial charge >= 0.3 is 0 Å². The quantitative estimate of drug-likeness (QED) is 0.660. The fraction of sp³-hybridized carbons (Fsp3) is 0.300. The number of Topliss-reactive ketones (excluding diaryl/α,β-unsaturated/α-hetero) is 1. The molecule has 0 saturated heterocycles. The summed E-state index contributed by atoms with van der Waals surface area (Å²) >= 11 is 1.34. The second-order valence-corrected chi connectivity index (χ2v) is 4.53. The van der Waals surface area contributed by atoms with Gasteiger partial charge in [-0.15, -0.1) is 11.8 Å². The van der Waals surface area contributed by atoms with Crippen LogP contribution in [0.5, 0.6) is 0 Å². The topological polar surface area (TPSA) is 17.1 Å². The molecule has 1 heterocycles. The molecule has 0 saturated carbocycles. The van der Waals surface area contributed by atoms with Gasteiger partial charge in [0.25, 0.3) is 0 Å². The molecule has 14 heavy (non-hydrogen) atoms. The first-order valence-corrected chi connectivity index (χ1v) is 5.29. The van der Waals surface area contributed by atoms with Gasteiger partial charge in [-0.2, -0.15) is 0 Å². The predicted molar refractivity (Wildman–Crippen MR) is 51.4 cm³/mol. The highest BCUT2D eigenvalue weighted by molar-refractivity contribution is 8.00. The van der Waals surface area contributed by atoms with Crippen LogP contribution in [0, 0.1) is 11.6 Å². The molecular formula is C10H8F2OS. The van der Waals surface area contributed by atoms with Crippen LogP contribution in [0.15, 0.2) is 12.1 Å². The third-order valence-corrected chi connectivity index (χ3v) is 3.47. The standard InChI is InChI=1S/C10H8F2OS/c1-5-10(13)9-6(4-14-5)7(11)2-3-8(9)12/h2-3,5H,4H2,1H3. The van der Waals surface area contributed by atoms with Crippen LogP contribution in [0.3, 0.4) is 0 Å². The summed E-state index contributed by atoms with van der Waals surface area (Å²) < 4.78 is 26.5. The Labute approximate surface area is 84.5 Å². The Kier molecular flexibility index (Phi) is 2.31. The molecule has 0 aromatic heterocycles. The number of benzene rings is 1. The number of thioether (sulfide) groups is 1. The van der Waals surface area contributed by atoms with E-state index < -0.39 is 11.6 Å². The van der Waals surface area contributed by atoms with Crippen molar-refractivity contribution in [2.24, 2.45) is 0 Å². The first-order valence-electron chi connectivity index (χ1n) is 4.24. The molecule has 0 aliphatic carbocycles. The lowest BCUT2D eigenvalue weighted by molar-refractivity contribution is 0.0987. The van der Waals surface area contributed by atoms with Gasteiger partial charge < -0.3 is 0 Å². The van der Waals surface area contributed by atoms with Crippen molar-refractivity contribution in [2.45, 2.75) is 17.9 Å². The molecule has 1 aliphatic heterocycles. The van der Waals surface area contributed by atoms with E-state index in [1.165, 1.54) is 11.8 Å². The second-order valence-electron chi connectivity index (χ2n) is 3.20. The molecule has 0 N–H and O–H groups in total. The number of hydrogen-bond acceptors (Lipinski definition) is 2. The van der Waals surface area contributed by atoms with Crippen molar-refractivity contribution in [3.05, 3.63) is 34.9 Å². The van der Waals surface area contributed by atoms with Crippen molar-refractivity contribution in [3.63, 3.8) is 0 Å². The largest absolute Gasteiger partial charge is 0.293 e. The Bertz CT molecular complexity index is 403. The van der Waals surface area contributed by atoms with Crippen LogP contribution in [0.25, 0.3) is 0 Å². The zero-order valence-corrected chi connectivity index (χ0v) is 8.33. The van der Waals surface area contributed by atoms with Crippen LogP contribution in [-0.4, -0.2) is 11.0 Å². The third kappa shape index (κ3) is 1.34. The summed E-state index contributed by atoms with van der Waals surface area (Å²) in [6.45, 7) is 1.71. The average Bonchev–Trinajstić information content (AvgIpc) is 2.16. The zero-order valence-electron chi connectivity index (χ0n) is 7.51. The van der Waals surface area contributed by atoms with Crippen LogP contribution < -0.4 is 0 Å². The minimum absolute atomic E-state index is 0.0590. The SMILES string of the molecule is CC1SCc2c(F)ccc(F)c2C1=O. The zero-order chi connectivity index (χ0) is 10.3. The van der Waals surface area contributed by atoms with Crippen LogP contribution >= 0.6 is 11.8 Å². The van der Waals surface area contributed by atoms with E-state index in [9.17, 15) is 13.6 Å². The van der Waals surface area contributed by atoms with Gasteiger partial charge in [0.15, 0.2) is 5.78 Å². The molecular weight excluding hydrogens is 206 g/mol. The van der Waals surface area contributed by atoms with E-state index in [0.29, 0.717) is 5.75 Å². The smallest absolute Gasteiger partial charge is 0.178 e. The van der Waals surface area contributed by atoms with Crippen molar-refractivity contribution < 1.29 is 13.6 Å². The molecule has 0 bridgehead atoms. The lowest BCUT2D eigenvalue weighted by Crippen LogP contribution is -2.22. The molecule has 4 heteroatoms. The first-order chi connectivity index (χ1) is 6.61. The first kappa shape index (κ1) is 9.65. The molecule has 1 nitrogen and oxygen atoms in total. The molecule has 1 aromatic carbocycles. The third-order valence-electron chi connectivity index (χ3n) is 2.30. The van der Waals surface area contributed by atoms with Gasteiger partial charge in [0.2, 0.25) is 0 Å². The minimum atomic E-state index is -0.612. The molecule has 2 rings (SSSR count). The van der Waals surface area contributed by atoms with Gasteiger partial charge in [0, 0.05) is 11.3 Å². The van der Waals surface area contributed by atoms with Crippen LogP contribution in [-0.2, 0) is 5.75 Å². The lowest BCUT2D eigenvalue weighted by atomic mass is 10.0. The Morgan fingerprint density at radius 3 is 2.71 bits per heavy atom.